The second-order valence-corrected chi connectivity index (χ2v) is 6.61. The number of aryl methyl sites for hydroxylation is 1. The first-order valence-corrected chi connectivity index (χ1v) is 7.70. The van der Waals surface area contributed by atoms with Crippen LogP contribution in [0.5, 0.6) is 0 Å². The summed E-state index contributed by atoms with van der Waals surface area (Å²) in [5.41, 5.74) is 3.84. The number of fused-ring (bicyclic) bond motifs is 3. The molecule has 0 amide bonds. The van der Waals surface area contributed by atoms with Gasteiger partial charge in [-0.15, -0.1) is 0 Å². The van der Waals surface area contributed by atoms with Crippen LogP contribution in [0.2, 0.25) is 0 Å². The SMILES string of the molecule is Cn1c2c(c(=O)c3ccccc31)CCC1=C2C=CC(C)(C)O1. The van der Waals surface area contributed by atoms with Crippen LogP contribution in [0, 0.1) is 0 Å². The van der Waals surface area contributed by atoms with Crippen LogP contribution in [-0.2, 0) is 18.2 Å². The van der Waals surface area contributed by atoms with Gasteiger partial charge >= 0.3 is 0 Å². The molecule has 2 aromatic rings. The Morgan fingerprint density at radius 3 is 2.77 bits per heavy atom. The van der Waals surface area contributed by atoms with Crippen molar-refractivity contribution in [1.82, 2.24) is 4.57 Å². The van der Waals surface area contributed by atoms with Crippen LogP contribution in [0.3, 0.4) is 0 Å². The maximum atomic E-state index is 12.8. The minimum Gasteiger partial charge on any atom is -0.487 e. The Morgan fingerprint density at radius 1 is 1.18 bits per heavy atom. The lowest BCUT2D eigenvalue weighted by Gasteiger charge is -2.34. The Morgan fingerprint density at radius 2 is 1.95 bits per heavy atom. The van der Waals surface area contributed by atoms with Gasteiger partial charge in [-0.3, -0.25) is 4.79 Å². The summed E-state index contributed by atoms with van der Waals surface area (Å²) in [5.74, 6) is 1.00. The van der Waals surface area contributed by atoms with Crippen LogP contribution >= 0.6 is 0 Å². The maximum absolute atomic E-state index is 12.8. The molecule has 0 fully saturated rings. The molecule has 0 bridgehead atoms. The number of pyridine rings is 1. The number of para-hydroxylation sites is 1. The van der Waals surface area contributed by atoms with Crippen molar-refractivity contribution in [1.29, 1.82) is 0 Å². The second-order valence-electron chi connectivity index (χ2n) is 6.61. The van der Waals surface area contributed by atoms with Crippen molar-refractivity contribution < 1.29 is 4.74 Å². The number of nitrogens with zero attached hydrogens (tertiary/aromatic N) is 1. The molecule has 4 rings (SSSR count). The number of rotatable bonds is 0. The minimum absolute atomic E-state index is 0.161. The van der Waals surface area contributed by atoms with Gasteiger partial charge < -0.3 is 9.30 Å². The molecule has 2 aliphatic rings. The third-order valence-electron chi connectivity index (χ3n) is 4.60. The molecule has 1 aliphatic heterocycles. The number of hydrogen-bond donors (Lipinski definition) is 0. The molecule has 3 heteroatoms. The third kappa shape index (κ3) is 1.78. The molecule has 112 valence electrons. The number of aromatic nitrogens is 1. The van der Waals surface area contributed by atoms with Gasteiger partial charge in [0.25, 0.3) is 0 Å². The lowest BCUT2D eigenvalue weighted by Crippen LogP contribution is -2.29. The predicted octanol–water partition coefficient (Wildman–Crippen LogP) is 3.56. The van der Waals surface area contributed by atoms with Crippen LogP contribution in [0.25, 0.3) is 16.5 Å². The third-order valence-corrected chi connectivity index (χ3v) is 4.60. The van der Waals surface area contributed by atoms with Gasteiger partial charge in [0.15, 0.2) is 5.43 Å². The molecule has 22 heavy (non-hydrogen) atoms. The quantitative estimate of drug-likeness (QED) is 0.743. The van der Waals surface area contributed by atoms with E-state index < -0.39 is 0 Å². The molecule has 0 saturated heterocycles. The van der Waals surface area contributed by atoms with E-state index in [-0.39, 0.29) is 11.0 Å². The lowest BCUT2D eigenvalue weighted by atomic mass is 9.88. The first kappa shape index (κ1) is 13.4. The van der Waals surface area contributed by atoms with Gasteiger partial charge in [0, 0.05) is 30.0 Å². The monoisotopic (exact) mass is 293 g/mol. The van der Waals surface area contributed by atoms with Crippen molar-refractivity contribution in [2.75, 3.05) is 0 Å². The topological polar surface area (TPSA) is 31.2 Å². The average Bonchev–Trinajstić information content (AvgIpc) is 2.50. The molecule has 0 N–H and O–H groups in total. The van der Waals surface area contributed by atoms with E-state index in [1.165, 1.54) is 0 Å². The minimum atomic E-state index is -0.272. The van der Waals surface area contributed by atoms with Crippen molar-refractivity contribution in [3.05, 3.63) is 63.7 Å². The van der Waals surface area contributed by atoms with Gasteiger partial charge in [-0.2, -0.15) is 0 Å². The highest BCUT2D eigenvalue weighted by Gasteiger charge is 2.30. The van der Waals surface area contributed by atoms with Gasteiger partial charge in [-0.05, 0) is 44.6 Å². The molecule has 1 aromatic heterocycles. The molecule has 3 nitrogen and oxygen atoms in total. The summed E-state index contributed by atoms with van der Waals surface area (Å²) in [6.45, 7) is 4.12. The maximum Gasteiger partial charge on any atom is 0.193 e. The number of ether oxygens (including phenoxy) is 1. The highest BCUT2D eigenvalue weighted by molar-refractivity contribution is 5.87. The van der Waals surface area contributed by atoms with Crippen LogP contribution in [-0.4, -0.2) is 10.2 Å². The van der Waals surface area contributed by atoms with Crippen LogP contribution in [0.1, 0.15) is 31.5 Å². The summed E-state index contributed by atoms with van der Waals surface area (Å²) in [7, 11) is 2.03. The Labute approximate surface area is 129 Å². The number of hydrogen-bond acceptors (Lipinski definition) is 2. The van der Waals surface area contributed by atoms with E-state index in [1.54, 1.807) is 0 Å². The van der Waals surface area contributed by atoms with E-state index in [1.807, 2.05) is 31.3 Å². The number of benzene rings is 1. The molecular formula is C19H19NO2. The van der Waals surface area contributed by atoms with Gasteiger partial charge in [-0.1, -0.05) is 12.1 Å². The van der Waals surface area contributed by atoms with Crippen molar-refractivity contribution in [3.63, 3.8) is 0 Å². The zero-order chi connectivity index (χ0) is 15.5. The summed E-state index contributed by atoms with van der Waals surface area (Å²) in [6.07, 6.45) is 5.73. The fourth-order valence-corrected chi connectivity index (χ4v) is 3.55. The van der Waals surface area contributed by atoms with Crippen molar-refractivity contribution >= 4 is 16.5 Å². The Kier molecular flexibility index (Phi) is 2.65. The lowest BCUT2D eigenvalue weighted by molar-refractivity contribution is 0.0700. The van der Waals surface area contributed by atoms with E-state index in [2.05, 4.69) is 30.6 Å². The second kappa shape index (κ2) is 4.35. The molecule has 0 atom stereocenters. The van der Waals surface area contributed by atoms with Crippen LogP contribution in [0.4, 0.5) is 0 Å². The smallest absolute Gasteiger partial charge is 0.193 e. The van der Waals surface area contributed by atoms with Gasteiger partial charge in [-0.25, -0.2) is 0 Å². The zero-order valence-electron chi connectivity index (χ0n) is 13.1. The highest BCUT2D eigenvalue weighted by atomic mass is 16.5. The van der Waals surface area contributed by atoms with Crippen molar-refractivity contribution in [2.24, 2.45) is 7.05 Å². The van der Waals surface area contributed by atoms with Crippen molar-refractivity contribution in [3.8, 4) is 0 Å². The molecular weight excluding hydrogens is 274 g/mol. The van der Waals surface area contributed by atoms with Gasteiger partial charge in [0.1, 0.15) is 11.4 Å². The van der Waals surface area contributed by atoms with E-state index in [9.17, 15) is 4.79 Å². The number of allylic oxidation sites excluding steroid dienone is 3. The van der Waals surface area contributed by atoms with Gasteiger partial charge in [0.05, 0.1) is 11.2 Å². The molecule has 0 spiro atoms. The summed E-state index contributed by atoms with van der Waals surface area (Å²) in [4.78, 5) is 12.8. The predicted molar refractivity (Wildman–Crippen MR) is 88.7 cm³/mol. The summed E-state index contributed by atoms with van der Waals surface area (Å²) in [5, 5.41) is 0.800. The normalized spacial score (nSPS) is 18.9. The Bertz CT molecular complexity index is 913. The molecule has 1 aromatic carbocycles. The molecule has 0 radical (unpaired) electrons. The largest absolute Gasteiger partial charge is 0.487 e. The fraction of sp³-hybridized carbons (Fsp3) is 0.316. The van der Waals surface area contributed by atoms with E-state index in [0.717, 1.165) is 46.3 Å². The first-order chi connectivity index (χ1) is 10.5. The first-order valence-electron chi connectivity index (χ1n) is 7.70. The average molecular weight is 293 g/mol. The molecule has 0 unspecified atom stereocenters. The van der Waals surface area contributed by atoms with E-state index in [4.69, 9.17) is 4.74 Å². The van der Waals surface area contributed by atoms with Crippen LogP contribution in [0.15, 0.2) is 47.0 Å². The van der Waals surface area contributed by atoms with E-state index >= 15 is 0 Å². The van der Waals surface area contributed by atoms with Crippen LogP contribution < -0.4 is 5.43 Å². The summed E-state index contributed by atoms with van der Waals surface area (Å²) in [6, 6.07) is 7.82. The molecule has 1 aliphatic carbocycles. The van der Waals surface area contributed by atoms with Gasteiger partial charge in [0.2, 0.25) is 0 Å². The molecule has 0 saturated carbocycles. The van der Waals surface area contributed by atoms with E-state index in [0.29, 0.717) is 0 Å². The fourth-order valence-electron chi connectivity index (χ4n) is 3.55. The standard InChI is InChI=1S/C19H19NO2/c1-19(2)11-10-13-16(22-19)9-8-14-17(13)20(3)15-7-5-4-6-12(15)18(14)21/h4-7,10-11H,8-9H2,1-3H3. The molecule has 2 heterocycles. The zero-order valence-corrected chi connectivity index (χ0v) is 13.1. The summed E-state index contributed by atoms with van der Waals surface area (Å²) < 4.78 is 8.25. The Balaban J connectivity index is 2.06. The Hall–Kier alpha value is -2.29. The summed E-state index contributed by atoms with van der Waals surface area (Å²) >= 11 is 0. The van der Waals surface area contributed by atoms with Crippen molar-refractivity contribution in [2.45, 2.75) is 32.3 Å². The highest BCUT2D eigenvalue weighted by Crippen LogP contribution is 2.38.